The summed E-state index contributed by atoms with van der Waals surface area (Å²) in [6, 6.07) is -0.0241. The van der Waals surface area contributed by atoms with Crippen molar-refractivity contribution in [3.63, 3.8) is 0 Å². The number of rotatable bonds is 7. The summed E-state index contributed by atoms with van der Waals surface area (Å²) in [6.07, 6.45) is 9.80. The SMILES string of the molecule is O=C(NC1CCN(S(=O)(=O)CCCCO)CC1)NC12CC3CC(CC(C3)C1)C2. The predicted octanol–water partition coefficient (Wildman–Crippen LogP) is 1.82. The Morgan fingerprint density at radius 1 is 1.00 bits per heavy atom. The first-order valence-corrected chi connectivity index (χ1v) is 12.7. The molecule has 0 unspecified atom stereocenters. The molecule has 7 nitrogen and oxygen atoms in total. The van der Waals surface area contributed by atoms with Crippen LogP contribution < -0.4 is 10.6 Å². The van der Waals surface area contributed by atoms with E-state index < -0.39 is 10.0 Å². The quantitative estimate of drug-likeness (QED) is 0.555. The highest BCUT2D eigenvalue weighted by atomic mass is 32.2. The van der Waals surface area contributed by atoms with Gasteiger partial charge in [-0.3, -0.25) is 0 Å². The van der Waals surface area contributed by atoms with Crippen molar-refractivity contribution < 1.29 is 18.3 Å². The minimum atomic E-state index is -3.25. The topological polar surface area (TPSA) is 98.7 Å². The maximum absolute atomic E-state index is 12.7. The number of unbranched alkanes of at least 4 members (excludes halogenated alkanes) is 1. The first-order valence-electron chi connectivity index (χ1n) is 11.0. The van der Waals surface area contributed by atoms with E-state index in [0.717, 1.165) is 37.0 Å². The molecule has 1 heterocycles. The molecule has 8 heteroatoms. The number of hydrogen-bond acceptors (Lipinski definition) is 4. The largest absolute Gasteiger partial charge is 0.396 e. The Bertz CT molecular complexity index is 638. The van der Waals surface area contributed by atoms with Gasteiger partial charge in [-0.15, -0.1) is 0 Å². The van der Waals surface area contributed by atoms with Gasteiger partial charge in [0.05, 0.1) is 5.75 Å². The molecule has 5 fully saturated rings. The van der Waals surface area contributed by atoms with Crippen molar-refractivity contribution in [2.75, 3.05) is 25.4 Å². The second kappa shape index (κ2) is 8.11. The number of aliphatic hydroxyl groups excluding tert-OH is 1. The number of aliphatic hydroxyl groups is 1. The summed E-state index contributed by atoms with van der Waals surface area (Å²) in [5.74, 6) is 2.49. The summed E-state index contributed by atoms with van der Waals surface area (Å²) < 4.78 is 26.2. The van der Waals surface area contributed by atoms with Gasteiger partial charge in [-0.2, -0.15) is 0 Å². The summed E-state index contributed by atoms with van der Waals surface area (Å²) >= 11 is 0. The average Bonchev–Trinajstić information content (AvgIpc) is 2.60. The molecule has 4 aliphatic carbocycles. The van der Waals surface area contributed by atoms with Crippen molar-refractivity contribution in [1.29, 1.82) is 0 Å². The van der Waals surface area contributed by atoms with Crippen molar-refractivity contribution in [3.05, 3.63) is 0 Å². The smallest absolute Gasteiger partial charge is 0.315 e. The summed E-state index contributed by atoms with van der Waals surface area (Å²) in [5, 5.41) is 15.3. The molecule has 160 valence electrons. The Balaban J connectivity index is 1.23. The minimum absolute atomic E-state index is 0.00950. The average molecular weight is 414 g/mol. The zero-order chi connectivity index (χ0) is 19.8. The van der Waals surface area contributed by atoms with Gasteiger partial charge in [0.2, 0.25) is 10.0 Å². The van der Waals surface area contributed by atoms with E-state index in [1.165, 1.54) is 19.3 Å². The van der Waals surface area contributed by atoms with E-state index in [9.17, 15) is 13.2 Å². The van der Waals surface area contributed by atoms with Crippen LogP contribution in [0, 0.1) is 17.8 Å². The number of urea groups is 1. The molecule has 1 aliphatic heterocycles. The fourth-order valence-electron chi connectivity index (χ4n) is 6.53. The second-order valence-electron chi connectivity index (χ2n) is 9.72. The van der Waals surface area contributed by atoms with Gasteiger partial charge in [0.1, 0.15) is 0 Å². The van der Waals surface area contributed by atoms with E-state index in [1.807, 2.05) is 0 Å². The van der Waals surface area contributed by atoms with Crippen LogP contribution in [0.2, 0.25) is 0 Å². The normalized spacial score (nSPS) is 35.8. The molecular formula is C20H35N3O4S. The number of nitrogens with zero attached hydrogens (tertiary/aromatic N) is 1. The highest BCUT2D eigenvalue weighted by molar-refractivity contribution is 7.89. The maximum atomic E-state index is 12.7. The van der Waals surface area contributed by atoms with E-state index in [1.54, 1.807) is 4.31 Å². The third kappa shape index (κ3) is 4.49. The van der Waals surface area contributed by atoms with E-state index in [0.29, 0.717) is 38.8 Å². The molecule has 4 saturated carbocycles. The lowest BCUT2D eigenvalue weighted by Gasteiger charge is -2.56. The van der Waals surface area contributed by atoms with Crippen molar-refractivity contribution in [1.82, 2.24) is 14.9 Å². The molecule has 0 aromatic carbocycles. The molecule has 3 N–H and O–H groups in total. The van der Waals surface area contributed by atoms with Crippen LogP contribution in [0.15, 0.2) is 0 Å². The molecule has 2 amide bonds. The van der Waals surface area contributed by atoms with Gasteiger partial charge < -0.3 is 15.7 Å². The molecule has 28 heavy (non-hydrogen) atoms. The lowest BCUT2D eigenvalue weighted by atomic mass is 9.53. The van der Waals surface area contributed by atoms with Crippen molar-refractivity contribution in [2.45, 2.75) is 75.8 Å². The molecule has 1 saturated heterocycles. The van der Waals surface area contributed by atoms with Gasteiger partial charge in [0.25, 0.3) is 0 Å². The highest BCUT2D eigenvalue weighted by Crippen LogP contribution is 2.55. The molecule has 4 bridgehead atoms. The first-order chi connectivity index (χ1) is 13.4. The molecule has 5 rings (SSSR count). The first kappa shape index (κ1) is 20.4. The van der Waals surface area contributed by atoms with Crippen molar-refractivity contribution in [2.24, 2.45) is 17.8 Å². The van der Waals surface area contributed by atoms with Crippen LogP contribution in [0.5, 0.6) is 0 Å². The van der Waals surface area contributed by atoms with Gasteiger partial charge in [-0.05, 0) is 82.0 Å². The fourth-order valence-corrected chi connectivity index (χ4v) is 8.12. The lowest BCUT2D eigenvalue weighted by Crippen LogP contribution is -2.62. The van der Waals surface area contributed by atoms with E-state index in [4.69, 9.17) is 5.11 Å². The third-order valence-electron chi connectivity index (χ3n) is 7.41. The monoisotopic (exact) mass is 413 g/mol. The van der Waals surface area contributed by atoms with Crippen LogP contribution in [-0.4, -0.2) is 60.9 Å². The number of sulfonamides is 1. The number of amides is 2. The number of hydrogen-bond donors (Lipinski definition) is 3. The zero-order valence-electron chi connectivity index (χ0n) is 16.7. The van der Waals surface area contributed by atoms with Crippen LogP contribution in [0.1, 0.15) is 64.2 Å². The molecule has 0 aromatic rings. The van der Waals surface area contributed by atoms with Crippen molar-refractivity contribution in [3.8, 4) is 0 Å². The van der Waals surface area contributed by atoms with Gasteiger partial charge in [0.15, 0.2) is 0 Å². The Morgan fingerprint density at radius 3 is 2.11 bits per heavy atom. The molecule has 0 atom stereocenters. The second-order valence-corrected chi connectivity index (χ2v) is 11.8. The number of carbonyl (C=O) groups excluding carboxylic acids is 1. The van der Waals surface area contributed by atoms with E-state index in [-0.39, 0.29) is 30.0 Å². The van der Waals surface area contributed by atoms with Gasteiger partial charge in [-0.1, -0.05) is 0 Å². The Labute approximate surface area is 168 Å². The van der Waals surface area contributed by atoms with E-state index in [2.05, 4.69) is 10.6 Å². The van der Waals surface area contributed by atoms with Crippen LogP contribution in [0.3, 0.4) is 0 Å². The Kier molecular flexibility index (Phi) is 5.91. The van der Waals surface area contributed by atoms with Gasteiger partial charge in [-0.25, -0.2) is 17.5 Å². The maximum Gasteiger partial charge on any atom is 0.315 e. The zero-order valence-corrected chi connectivity index (χ0v) is 17.6. The van der Waals surface area contributed by atoms with Crippen LogP contribution >= 0.6 is 0 Å². The third-order valence-corrected chi connectivity index (χ3v) is 9.37. The van der Waals surface area contributed by atoms with Crippen LogP contribution in [0.4, 0.5) is 4.79 Å². The molecule has 0 aromatic heterocycles. The predicted molar refractivity (Wildman–Crippen MR) is 107 cm³/mol. The fraction of sp³-hybridized carbons (Fsp3) is 0.950. The number of carbonyl (C=O) groups is 1. The van der Waals surface area contributed by atoms with Gasteiger partial charge in [0, 0.05) is 31.3 Å². The van der Waals surface area contributed by atoms with Crippen molar-refractivity contribution >= 4 is 16.1 Å². The standard InChI is InChI=1S/C20H35N3O4S/c24-7-1-2-8-28(26,27)23-5-3-18(4-6-23)21-19(25)22-20-12-15-9-16(13-20)11-17(10-15)14-20/h15-18,24H,1-14H2,(H2,21,22,25). The Morgan fingerprint density at radius 2 is 1.57 bits per heavy atom. The summed E-state index contributed by atoms with van der Waals surface area (Å²) in [4.78, 5) is 12.7. The number of piperidine rings is 1. The van der Waals surface area contributed by atoms with Crippen LogP contribution in [-0.2, 0) is 10.0 Å². The molecule has 0 spiro atoms. The number of nitrogens with one attached hydrogen (secondary N) is 2. The summed E-state index contributed by atoms with van der Waals surface area (Å²) in [6.45, 7) is 0.952. The van der Waals surface area contributed by atoms with Crippen LogP contribution in [0.25, 0.3) is 0 Å². The molecule has 0 radical (unpaired) electrons. The Hall–Kier alpha value is -0.860. The summed E-state index contributed by atoms with van der Waals surface area (Å²) in [5.41, 5.74) is 0.00950. The molecule has 5 aliphatic rings. The summed E-state index contributed by atoms with van der Waals surface area (Å²) in [7, 11) is -3.25. The van der Waals surface area contributed by atoms with E-state index >= 15 is 0 Å². The minimum Gasteiger partial charge on any atom is -0.396 e. The molecular weight excluding hydrogens is 378 g/mol. The lowest BCUT2D eigenvalue weighted by molar-refractivity contribution is -0.0137. The highest BCUT2D eigenvalue weighted by Gasteiger charge is 2.51. The van der Waals surface area contributed by atoms with Gasteiger partial charge >= 0.3 is 6.03 Å².